The van der Waals surface area contributed by atoms with E-state index in [1.807, 2.05) is 11.8 Å². The number of hydrogen-bond donors (Lipinski definition) is 2. The number of halogens is 6. The van der Waals surface area contributed by atoms with E-state index in [-0.39, 0.29) is 23.7 Å². The fourth-order valence-corrected chi connectivity index (χ4v) is 5.28. The van der Waals surface area contributed by atoms with E-state index in [1.165, 1.54) is 24.3 Å². The molecule has 1 atom stereocenters. The Morgan fingerprint density at radius 3 is 2.12 bits per heavy atom. The summed E-state index contributed by atoms with van der Waals surface area (Å²) in [5.74, 6) is -0.101. The molecule has 6 nitrogen and oxygen atoms in total. The highest BCUT2D eigenvalue weighted by Crippen LogP contribution is 2.36. The number of anilines is 3. The highest BCUT2D eigenvalue weighted by atomic mass is 19.4. The molecule has 2 aliphatic rings. The van der Waals surface area contributed by atoms with Crippen LogP contribution < -0.4 is 16.0 Å². The quantitative estimate of drug-likeness (QED) is 0.307. The normalized spacial score (nSPS) is 21.3. The third kappa shape index (κ3) is 7.32. The second-order valence-electron chi connectivity index (χ2n) is 10.3. The van der Waals surface area contributed by atoms with Crippen LogP contribution in [0, 0.1) is 0 Å². The minimum Gasteiger partial charge on any atom is -0.398 e. The first-order valence-corrected chi connectivity index (χ1v) is 13.4. The van der Waals surface area contributed by atoms with Gasteiger partial charge in [-0.05, 0) is 74.6 Å². The number of carbonyl (C=O) groups is 1. The summed E-state index contributed by atoms with van der Waals surface area (Å²) in [5.41, 5.74) is 4.66. The van der Waals surface area contributed by atoms with Gasteiger partial charge in [0, 0.05) is 49.3 Å². The zero-order valence-corrected chi connectivity index (χ0v) is 22.2. The third-order valence-corrected chi connectivity index (χ3v) is 7.56. The summed E-state index contributed by atoms with van der Waals surface area (Å²) in [7, 11) is 0. The second-order valence-corrected chi connectivity index (χ2v) is 10.3. The van der Waals surface area contributed by atoms with Crippen LogP contribution in [0.5, 0.6) is 0 Å². The Labute approximate surface area is 229 Å². The number of rotatable bonds is 7. The molecule has 1 unspecified atom stereocenters. The Balaban J connectivity index is 1.24. The van der Waals surface area contributed by atoms with E-state index >= 15 is 0 Å². The molecular formula is C28H34F6N4O2. The van der Waals surface area contributed by atoms with Crippen LogP contribution in [0.3, 0.4) is 0 Å². The molecule has 40 heavy (non-hydrogen) atoms. The van der Waals surface area contributed by atoms with Crippen LogP contribution in [0.2, 0.25) is 0 Å². The minimum atomic E-state index is -4.52. The Morgan fingerprint density at radius 2 is 1.57 bits per heavy atom. The lowest BCUT2D eigenvalue weighted by atomic mass is 9.92. The van der Waals surface area contributed by atoms with Crippen LogP contribution in [-0.2, 0) is 21.9 Å². The number of ether oxygens (including phenoxy) is 1. The molecule has 1 amide bonds. The predicted octanol–water partition coefficient (Wildman–Crippen LogP) is 6.17. The lowest BCUT2D eigenvalue weighted by molar-refractivity contribution is -0.149. The standard InChI is InChI=1S/C28H34F6N4O2/c1-2-25(26(39)38-15-13-37(14-16-38)21-8-3-18(4-9-21)27(29,30)31)40-22-10-5-19(6-11-22)36-20-7-12-24(35)23(17-20)28(32,33)34/h3-4,7-9,12,17,19,22,25,36H,2,5-6,10-11,13-16,35H2,1H3. The average molecular weight is 573 g/mol. The number of nitrogens with zero attached hydrogens (tertiary/aromatic N) is 2. The van der Waals surface area contributed by atoms with Gasteiger partial charge in [-0.15, -0.1) is 0 Å². The summed E-state index contributed by atoms with van der Waals surface area (Å²) < 4.78 is 84.2. The van der Waals surface area contributed by atoms with Gasteiger partial charge in [0.25, 0.3) is 5.91 Å². The number of amides is 1. The smallest absolute Gasteiger partial charge is 0.398 e. The molecule has 0 spiro atoms. The zero-order chi connectivity index (χ0) is 29.1. The number of carbonyl (C=O) groups excluding carboxylic acids is 1. The molecule has 1 saturated heterocycles. The van der Waals surface area contributed by atoms with Crippen LogP contribution >= 0.6 is 0 Å². The van der Waals surface area contributed by atoms with Gasteiger partial charge in [-0.2, -0.15) is 26.3 Å². The average Bonchev–Trinajstić information content (AvgIpc) is 2.92. The molecule has 1 saturated carbocycles. The van der Waals surface area contributed by atoms with Crippen molar-refractivity contribution < 1.29 is 35.9 Å². The van der Waals surface area contributed by atoms with E-state index in [1.54, 1.807) is 4.90 Å². The van der Waals surface area contributed by atoms with Gasteiger partial charge in [0.2, 0.25) is 0 Å². The second kappa shape index (κ2) is 12.2. The summed E-state index contributed by atoms with van der Waals surface area (Å²) in [6.07, 6.45) is -6.41. The Morgan fingerprint density at radius 1 is 0.950 bits per heavy atom. The van der Waals surface area contributed by atoms with Crippen molar-refractivity contribution in [3.8, 4) is 0 Å². The summed E-state index contributed by atoms with van der Waals surface area (Å²) in [5, 5.41) is 3.16. The van der Waals surface area contributed by atoms with Gasteiger partial charge in [-0.1, -0.05) is 6.92 Å². The number of piperazine rings is 1. The summed E-state index contributed by atoms with van der Waals surface area (Å²) in [6, 6.07) is 8.83. The van der Waals surface area contributed by atoms with Crippen molar-refractivity contribution in [2.75, 3.05) is 42.1 Å². The number of nitrogen functional groups attached to an aromatic ring is 1. The first-order valence-electron chi connectivity index (χ1n) is 13.4. The minimum absolute atomic E-state index is 0.0152. The van der Waals surface area contributed by atoms with Crippen molar-refractivity contribution in [3.05, 3.63) is 53.6 Å². The van der Waals surface area contributed by atoms with Crippen molar-refractivity contribution in [2.45, 2.75) is 69.6 Å². The van der Waals surface area contributed by atoms with E-state index in [0.29, 0.717) is 69.7 Å². The summed E-state index contributed by atoms with van der Waals surface area (Å²) in [4.78, 5) is 16.9. The fraction of sp³-hybridized carbons (Fsp3) is 0.536. The molecule has 1 aliphatic heterocycles. The molecule has 220 valence electrons. The molecule has 0 radical (unpaired) electrons. The SMILES string of the molecule is CCC(OC1CCC(Nc2ccc(N)c(C(F)(F)F)c2)CC1)C(=O)N1CCN(c2ccc(C(F)(F)F)cc2)CC1. The molecule has 3 N–H and O–H groups in total. The molecule has 2 aromatic carbocycles. The largest absolute Gasteiger partial charge is 0.418 e. The molecule has 1 heterocycles. The maximum absolute atomic E-state index is 13.2. The lowest BCUT2D eigenvalue weighted by Gasteiger charge is -2.38. The number of nitrogens with two attached hydrogens (primary N) is 1. The first-order chi connectivity index (χ1) is 18.8. The third-order valence-electron chi connectivity index (χ3n) is 7.56. The molecule has 4 rings (SSSR count). The van der Waals surface area contributed by atoms with E-state index < -0.39 is 29.6 Å². The number of hydrogen-bond acceptors (Lipinski definition) is 5. The van der Waals surface area contributed by atoms with Gasteiger partial charge >= 0.3 is 12.4 Å². The maximum atomic E-state index is 13.2. The molecule has 0 bridgehead atoms. The monoisotopic (exact) mass is 572 g/mol. The zero-order valence-electron chi connectivity index (χ0n) is 22.2. The highest BCUT2D eigenvalue weighted by Gasteiger charge is 2.34. The Kier molecular flexibility index (Phi) is 9.06. The Hall–Kier alpha value is -3.15. The maximum Gasteiger partial charge on any atom is 0.418 e. The van der Waals surface area contributed by atoms with E-state index in [9.17, 15) is 31.1 Å². The lowest BCUT2D eigenvalue weighted by Crippen LogP contribution is -2.52. The van der Waals surface area contributed by atoms with Crippen LogP contribution in [0.4, 0.5) is 43.4 Å². The summed E-state index contributed by atoms with van der Waals surface area (Å²) in [6.45, 7) is 3.78. The molecule has 2 aromatic rings. The van der Waals surface area contributed by atoms with Crippen molar-refractivity contribution in [1.29, 1.82) is 0 Å². The van der Waals surface area contributed by atoms with Gasteiger partial charge in [-0.3, -0.25) is 4.79 Å². The van der Waals surface area contributed by atoms with Gasteiger partial charge in [0.1, 0.15) is 6.10 Å². The van der Waals surface area contributed by atoms with Gasteiger partial charge in [0.15, 0.2) is 0 Å². The van der Waals surface area contributed by atoms with Crippen molar-refractivity contribution in [3.63, 3.8) is 0 Å². The topological polar surface area (TPSA) is 70.8 Å². The van der Waals surface area contributed by atoms with Crippen molar-refractivity contribution in [1.82, 2.24) is 4.90 Å². The van der Waals surface area contributed by atoms with Crippen molar-refractivity contribution >= 4 is 23.0 Å². The van der Waals surface area contributed by atoms with Crippen LogP contribution in [0.25, 0.3) is 0 Å². The van der Waals surface area contributed by atoms with Gasteiger partial charge < -0.3 is 25.6 Å². The molecular weight excluding hydrogens is 538 g/mol. The molecule has 0 aromatic heterocycles. The van der Waals surface area contributed by atoms with Crippen LogP contribution in [-0.4, -0.2) is 55.2 Å². The molecule has 12 heteroatoms. The highest BCUT2D eigenvalue weighted by molar-refractivity contribution is 5.81. The fourth-order valence-electron chi connectivity index (χ4n) is 5.28. The van der Waals surface area contributed by atoms with Crippen LogP contribution in [0.15, 0.2) is 42.5 Å². The van der Waals surface area contributed by atoms with Crippen LogP contribution in [0.1, 0.15) is 50.2 Å². The van der Waals surface area contributed by atoms with E-state index in [2.05, 4.69) is 5.32 Å². The van der Waals surface area contributed by atoms with Gasteiger partial charge in [-0.25, -0.2) is 0 Å². The Bertz CT molecular complexity index is 1140. The van der Waals surface area contributed by atoms with E-state index in [0.717, 1.165) is 18.2 Å². The van der Waals surface area contributed by atoms with Gasteiger partial charge in [0.05, 0.1) is 17.2 Å². The first kappa shape index (κ1) is 29.8. The molecule has 2 fully saturated rings. The number of nitrogens with one attached hydrogen (secondary N) is 1. The summed E-state index contributed by atoms with van der Waals surface area (Å²) >= 11 is 0. The number of benzene rings is 2. The van der Waals surface area contributed by atoms with Crippen molar-refractivity contribution in [2.24, 2.45) is 0 Å². The number of alkyl halides is 6. The molecule has 1 aliphatic carbocycles. The predicted molar refractivity (Wildman–Crippen MR) is 141 cm³/mol. The van der Waals surface area contributed by atoms with E-state index in [4.69, 9.17) is 10.5 Å².